The predicted octanol–water partition coefficient (Wildman–Crippen LogP) is 6.27. The van der Waals surface area contributed by atoms with E-state index >= 15 is 0 Å². The SMILES string of the molecule is C=Cc1cccc(C(C)C2CCCC(Cc3ccccn3)CC2)c1. The molecule has 1 nitrogen and oxygen atoms in total. The number of hydrogen-bond donors (Lipinski definition) is 0. The van der Waals surface area contributed by atoms with E-state index in [1.54, 1.807) is 0 Å². The third kappa shape index (κ3) is 4.35. The number of nitrogens with zero attached hydrogens (tertiary/aromatic N) is 1. The molecule has 0 radical (unpaired) electrons. The standard InChI is InChI=1S/C23H29N/c1-3-19-8-6-11-22(16-19)18(2)21-10-7-9-20(13-14-21)17-23-12-4-5-15-24-23/h3-6,8,11-12,15-16,18,20-21H,1,7,9-10,13-14,17H2,2H3. The molecule has 1 fully saturated rings. The molecule has 1 aliphatic rings. The predicted molar refractivity (Wildman–Crippen MR) is 103 cm³/mol. The van der Waals surface area contributed by atoms with E-state index in [1.807, 2.05) is 18.3 Å². The number of pyridine rings is 1. The van der Waals surface area contributed by atoms with Gasteiger partial charge in [-0.1, -0.05) is 62.8 Å². The highest BCUT2D eigenvalue weighted by Gasteiger charge is 2.24. The van der Waals surface area contributed by atoms with Crippen LogP contribution in [0.5, 0.6) is 0 Å². The van der Waals surface area contributed by atoms with Gasteiger partial charge in [0.15, 0.2) is 0 Å². The molecule has 3 atom stereocenters. The smallest absolute Gasteiger partial charge is 0.0406 e. The van der Waals surface area contributed by atoms with Crippen LogP contribution in [0.15, 0.2) is 55.2 Å². The van der Waals surface area contributed by atoms with E-state index in [0.717, 1.165) is 18.3 Å². The first-order valence-electron chi connectivity index (χ1n) is 9.38. The van der Waals surface area contributed by atoms with Gasteiger partial charge in [0.25, 0.3) is 0 Å². The molecule has 126 valence electrons. The van der Waals surface area contributed by atoms with Gasteiger partial charge in [0, 0.05) is 11.9 Å². The van der Waals surface area contributed by atoms with Gasteiger partial charge in [0.1, 0.15) is 0 Å². The zero-order chi connectivity index (χ0) is 16.8. The van der Waals surface area contributed by atoms with E-state index < -0.39 is 0 Å². The lowest BCUT2D eigenvalue weighted by molar-refractivity contribution is 0.382. The molecule has 0 bridgehead atoms. The molecular weight excluding hydrogens is 290 g/mol. The Hall–Kier alpha value is -1.89. The minimum absolute atomic E-state index is 0.638. The van der Waals surface area contributed by atoms with E-state index in [2.05, 4.69) is 54.9 Å². The van der Waals surface area contributed by atoms with Gasteiger partial charge < -0.3 is 0 Å². The number of rotatable bonds is 5. The molecule has 1 heteroatoms. The molecule has 0 spiro atoms. The Morgan fingerprint density at radius 1 is 1.12 bits per heavy atom. The lowest BCUT2D eigenvalue weighted by Crippen LogP contribution is -2.10. The van der Waals surface area contributed by atoms with Crippen LogP contribution in [0.3, 0.4) is 0 Å². The van der Waals surface area contributed by atoms with Crippen molar-refractivity contribution in [3.63, 3.8) is 0 Å². The summed E-state index contributed by atoms with van der Waals surface area (Å²) < 4.78 is 0. The maximum atomic E-state index is 4.51. The Morgan fingerprint density at radius 2 is 2.04 bits per heavy atom. The number of hydrogen-bond acceptors (Lipinski definition) is 1. The van der Waals surface area contributed by atoms with Crippen molar-refractivity contribution in [2.75, 3.05) is 0 Å². The van der Waals surface area contributed by atoms with Crippen molar-refractivity contribution in [1.82, 2.24) is 4.98 Å². The van der Waals surface area contributed by atoms with Crippen molar-refractivity contribution in [2.24, 2.45) is 11.8 Å². The van der Waals surface area contributed by atoms with Crippen molar-refractivity contribution in [3.8, 4) is 0 Å². The van der Waals surface area contributed by atoms with Gasteiger partial charge in [-0.05, 0) is 66.7 Å². The minimum atomic E-state index is 0.638. The molecule has 0 N–H and O–H groups in total. The Balaban J connectivity index is 1.61. The fraction of sp³-hybridized carbons (Fsp3) is 0.435. The lowest BCUT2D eigenvalue weighted by atomic mass is 9.82. The van der Waals surface area contributed by atoms with E-state index in [4.69, 9.17) is 0 Å². The third-order valence-corrected chi connectivity index (χ3v) is 5.74. The second-order valence-corrected chi connectivity index (χ2v) is 7.32. The van der Waals surface area contributed by atoms with E-state index in [0.29, 0.717) is 5.92 Å². The topological polar surface area (TPSA) is 12.9 Å². The molecule has 0 aliphatic heterocycles. The summed E-state index contributed by atoms with van der Waals surface area (Å²) in [4.78, 5) is 4.51. The van der Waals surface area contributed by atoms with Crippen LogP contribution in [-0.2, 0) is 6.42 Å². The summed E-state index contributed by atoms with van der Waals surface area (Å²) >= 11 is 0. The highest BCUT2D eigenvalue weighted by atomic mass is 14.7. The molecule has 1 aromatic heterocycles. The lowest BCUT2D eigenvalue weighted by Gasteiger charge is -2.23. The van der Waals surface area contributed by atoms with Crippen LogP contribution in [0.25, 0.3) is 6.08 Å². The fourth-order valence-corrected chi connectivity index (χ4v) is 4.17. The van der Waals surface area contributed by atoms with Gasteiger partial charge in [0.2, 0.25) is 0 Å². The largest absolute Gasteiger partial charge is 0.261 e. The van der Waals surface area contributed by atoms with Gasteiger partial charge in [0.05, 0.1) is 0 Å². The van der Waals surface area contributed by atoms with Gasteiger partial charge in [-0.2, -0.15) is 0 Å². The molecular formula is C23H29N. The van der Waals surface area contributed by atoms with Gasteiger partial charge in [-0.3, -0.25) is 4.98 Å². The van der Waals surface area contributed by atoms with Crippen LogP contribution in [0.2, 0.25) is 0 Å². The maximum absolute atomic E-state index is 4.51. The molecule has 0 amide bonds. The quantitative estimate of drug-likeness (QED) is 0.592. The van der Waals surface area contributed by atoms with Gasteiger partial charge in [-0.15, -0.1) is 0 Å². The van der Waals surface area contributed by atoms with Crippen molar-refractivity contribution < 1.29 is 0 Å². The van der Waals surface area contributed by atoms with Crippen LogP contribution >= 0.6 is 0 Å². The summed E-state index contributed by atoms with van der Waals surface area (Å²) in [6, 6.07) is 15.2. The molecule has 3 unspecified atom stereocenters. The second-order valence-electron chi connectivity index (χ2n) is 7.32. The first kappa shape index (κ1) is 17.0. The van der Waals surface area contributed by atoms with E-state index in [9.17, 15) is 0 Å². The molecule has 1 saturated carbocycles. The van der Waals surface area contributed by atoms with Gasteiger partial charge >= 0.3 is 0 Å². The maximum Gasteiger partial charge on any atom is 0.0406 e. The Kier molecular flexibility index (Phi) is 5.85. The monoisotopic (exact) mass is 319 g/mol. The normalized spacial score (nSPS) is 22.5. The summed E-state index contributed by atoms with van der Waals surface area (Å²) in [5.41, 5.74) is 3.97. The molecule has 3 rings (SSSR count). The summed E-state index contributed by atoms with van der Waals surface area (Å²) in [6.07, 6.45) is 11.8. The molecule has 1 aromatic carbocycles. The highest BCUT2D eigenvalue weighted by molar-refractivity contribution is 5.48. The van der Waals surface area contributed by atoms with Crippen molar-refractivity contribution in [2.45, 2.75) is 51.4 Å². The molecule has 0 saturated heterocycles. The summed E-state index contributed by atoms with van der Waals surface area (Å²) in [5, 5.41) is 0. The van der Waals surface area contributed by atoms with Crippen LogP contribution in [0.4, 0.5) is 0 Å². The Labute approximate surface area is 146 Å². The van der Waals surface area contributed by atoms with Crippen molar-refractivity contribution >= 4 is 6.08 Å². The van der Waals surface area contributed by atoms with Crippen LogP contribution in [0, 0.1) is 11.8 Å². The van der Waals surface area contributed by atoms with Crippen LogP contribution < -0.4 is 0 Å². The van der Waals surface area contributed by atoms with Crippen molar-refractivity contribution in [1.29, 1.82) is 0 Å². The number of aromatic nitrogens is 1. The average molecular weight is 319 g/mol. The van der Waals surface area contributed by atoms with Crippen molar-refractivity contribution in [3.05, 3.63) is 72.1 Å². The summed E-state index contributed by atoms with van der Waals surface area (Å²) in [7, 11) is 0. The van der Waals surface area contributed by atoms with Crippen LogP contribution in [0.1, 0.15) is 61.8 Å². The summed E-state index contributed by atoms with van der Waals surface area (Å²) in [5.74, 6) is 2.24. The minimum Gasteiger partial charge on any atom is -0.261 e. The first-order valence-corrected chi connectivity index (χ1v) is 9.38. The number of benzene rings is 1. The van der Waals surface area contributed by atoms with Crippen LogP contribution in [-0.4, -0.2) is 4.98 Å². The average Bonchev–Trinajstić information content (AvgIpc) is 2.87. The zero-order valence-electron chi connectivity index (χ0n) is 14.8. The van der Waals surface area contributed by atoms with E-state index in [-0.39, 0.29) is 0 Å². The van der Waals surface area contributed by atoms with E-state index in [1.165, 1.54) is 48.9 Å². The molecule has 1 aliphatic carbocycles. The third-order valence-electron chi connectivity index (χ3n) is 5.74. The fourth-order valence-electron chi connectivity index (χ4n) is 4.17. The molecule has 2 aromatic rings. The molecule has 1 heterocycles. The zero-order valence-corrected chi connectivity index (χ0v) is 14.8. The Bertz CT molecular complexity index is 646. The Morgan fingerprint density at radius 3 is 2.83 bits per heavy atom. The summed E-state index contributed by atoms with van der Waals surface area (Å²) in [6.45, 7) is 6.31. The first-order chi connectivity index (χ1) is 11.8. The highest BCUT2D eigenvalue weighted by Crippen LogP contribution is 2.37. The van der Waals surface area contributed by atoms with Gasteiger partial charge in [-0.25, -0.2) is 0 Å². The molecule has 24 heavy (non-hydrogen) atoms. The second kappa shape index (κ2) is 8.28.